The Labute approximate surface area is 193 Å². The van der Waals surface area contributed by atoms with Crippen molar-refractivity contribution in [1.82, 2.24) is 9.97 Å². The Morgan fingerprint density at radius 2 is 1.64 bits per heavy atom. The van der Waals surface area contributed by atoms with Crippen molar-refractivity contribution in [2.75, 3.05) is 5.43 Å². The first-order valence-corrected chi connectivity index (χ1v) is 11.2. The third-order valence-corrected chi connectivity index (χ3v) is 6.07. The van der Waals surface area contributed by atoms with Crippen LogP contribution in [0.2, 0.25) is 0 Å². The van der Waals surface area contributed by atoms with Gasteiger partial charge in [0.25, 0.3) is 0 Å². The van der Waals surface area contributed by atoms with Crippen LogP contribution in [0.4, 0.5) is 5.95 Å². The largest absolute Gasteiger partial charge is 0.456 e. The van der Waals surface area contributed by atoms with E-state index in [1.807, 2.05) is 30.3 Å². The number of imidazole rings is 1. The van der Waals surface area contributed by atoms with Crippen LogP contribution in [0.1, 0.15) is 37.5 Å². The molecule has 0 aliphatic carbocycles. The number of para-hydroxylation sites is 2. The molecule has 3 aromatic carbocycles. The highest BCUT2D eigenvalue weighted by Crippen LogP contribution is 2.28. The molecule has 5 nitrogen and oxygen atoms in total. The van der Waals surface area contributed by atoms with Crippen molar-refractivity contribution in [2.24, 2.45) is 5.10 Å². The predicted molar refractivity (Wildman–Crippen MR) is 135 cm³/mol. The molecule has 0 amide bonds. The molecule has 166 valence electrons. The molecule has 5 heteroatoms. The molecule has 0 aliphatic heterocycles. The number of hydrogen-bond donors (Lipinski definition) is 2. The average molecular weight is 437 g/mol. The fourth-order valence-electron chi connectivity index (χ4n) is 3.91. The molecular weight excluding hydrogens is 408 g/mol. The summed E-state index contributed by atoms with van der Waals surface area (Å²) in [5, 5.41) is 6.47. The number of nitrogens with one attached hydrogen (secondary N) is 2. The summed E-state index contributed by atoms with van der Waals surface area (Å²) >= 11 is 0. The fraction of sp³-hybridized carbons (Fsp3) is 0.214. The number of benzene rings is 3. The second-order valence-corrected chi connectivity index (χ2v) is 9.58. The van der Waals surface area contributed by atoms with Gasteiger partial charge < -0.3 is 9.40 Å². The van der Waals surface area contributed by atoms with Crippen molar-refractivity contribution in [3.63, 3.8) is 0 Å². The lowest BCUT2D eigenvalue weighted by molar-refractivity contribution is 0.589. The Kier molecular flexibility index (Phi) is 5.05. The van der Waals surface area contributed by atoms with Gasteiger partial charge in [0.2, 0.25) is 5.95 Å². The summed E-state index contributed by atoms with van der Waals surface area (Å²) in [5.74, 6) is 1.38. The van der Waals surface area contributed by atoms with Crippen LogP contribution in [0.3, 0.4) is 0 Å². The van der Waals surface area contributed by atoms with Crippen molar-refractivity contribution < 1.29 is 4.42 Å². The zero-order valence-electron chi connectivity index (χ0n) is 19.7. The summed E-state index contributed by atoms with van der Waals surface area (Å²) in [6.45, 7) is 10.8. The second-order valence-electron chi connectivity index (χ2n) is 9.58. The lowest BCUT2D eigenvalue weighted by atomic mass is 9.86. The molecule has 0 saturated carbocycles. The number of hydrogen-bond acceptors (Lipinski definition) is 4. The minimum atomic E-state index is 0.102. The standard InChI is InChI=1S/C28H28N4O/c1-17-14-21-24(31-32-27-29-22-8-6-7-9-23(22)30-27)16-25(33-26(21)15-18(17)2)19-10-12-20(13-11-19)28(3,4)5/h6-16H,1-5H3,(H2,29,30,32)/b31-24+. The van der Waals surface area contributed by atoms with Crippen LogP contribution in [0.5, 0.6) is 0 Å². The average Bonchev–Trinajstić information content (AvgIpc) is 3.21. The maximum Gasteiger partial charge on any atom is 0.222 e. The SMILES string of the molecule is Cc1cc2oc(-c3ccc(C(C)(C)C)cc3)c/c(=N\Nc3nc4ccccc4[nH]3)c2cc1C. The van der Waals surface area contributed by atoms with E-state index in [2.05, 4.69) is 86.4 Å². The monoisotopic (exact) mass is 436 g/mol. The number of rotatable bonds is 3. The van der Waals surface area contributed by atoms with Gasteiger partial charge in [-0.25, -0.2) is 10.4 Å². The predicted octanol–water partition coefficient (Wildman–Crippen LogP) is 6.82. The van der Waals surface area contributed by atoms with Crippen molar-refractivity contribution in [3.8, 4) is 11.3 Å². The van der Waals surface area contributed by atoms with Crippen LogP contribution < -0.4 is 10.8 Å². The van der Waals surface area contributed by atoms with E-state index in [1.54, 1.807) is 0 Å². The van der Waals surface area contributed by atoms with Gasteiger partial charge in [0, 0.05) is 17.0 Å². The Bertz CT molecular complexity index is 1500. The van der Waals surface area contributed by atoms with E-state index in [-0.39, 0.29) is 5.41 Å². The van der Waals surface area contributed by atoms with Gasteiger partial charge in [-0.3, -0.25) is 0 Å². The van der Waals surface area contributed by atoms with Gasteiger partial charge in [0.15, 0.2) is 0 Å². The number of nitrogens with zero attached hydrogens (tertiary/aromatic N) is 2. The second kappa shape index (κ2) is 7.93. The molecule has 2 heterocycles. The van der Waals surface area contributed by atoms with Gasteiger partial charge in [0.05, 0.1) is 16.4 Å². The molecule has 0 aliphatic rings. The van der Waals surface area contributed by atoms with E-state index in [0.717, 1.165) is 38.7 Å². The quantitative estimate of drug-likeness (QED) is 0.305. The summed E-state index contributed by atoms with van der Waals surface area (Å²) in [6.07, 6.45) is 0. The summed E-state index contributed by atoms with van der Waals surface area (Å²) < 4.78 is 6.34. The Morgan fingerprint density at radius 3 is 2.36 bits per heavy atom. The maximum absolute atomic E-state index is 6.34. The van der Waals surface area contributed by atoms with Gasteiger partial charge >= 0.3 is 0 Å². The summed E-state index contributed by atoms with van der Waals surface area (Å²) in [4.78, 5) is 7.83. The first-order chi connectivity index (χ1) is 15.8. The Morgan fingerprint density at radius 1 is 0.909 bits per heavy atom. The van der Waals surface area contributed by atoms with Gasteiger partial charge in [-0.1, -0.05) is 57.2 Å². The summed E-state index contributed by atoms with van der Waals surface area (Å²) in [6, 6.07) is 22.7. The smallest absolute Gasteiger partial charge is 0.222 e. The molecule has 2 N–H and O–H groups in total. The molecule has 0 bridgehead atoms. The lowest BCUT2D eigenvalue weighted by Gasteiger charge is -2.19. The number of aromatic amines is 1. The van der Waals surface area contributed by atoms with E-state index >= 15 is 0 Å². The number of aryl methyl sites for hydroxylation is 2. The molecule has 5 rings (SSSR count). The van der Waals surface area contributed by atoms with Gasteiger partial charge in [-0.2, -0.15) is 5.10 Å². The Balaban J connectivity index is 1.63. The van der Waals surface area contributed by atoms with E-state index in [9.17, 15) is 0 Å². The van der Waals surface area contributed by atoms with E-state index in [1.165, 1.54) is 16.7 Å². The van der Waals surface area contributed by atoms with E-state index < -0.39 is 0 Å². The third-order valence-electron chi connectivity index (χ3n) is 6.07. The summed E-state index contributed by atoms with van der Waals surface area (Å²) in [5.41, 5.74) is 10.6. The van der Waals surface area contributed by atoms with Crippen molar-refractivity contribution >= 4 is 28.0 Å². The van der Waals surface area contributed by atoms with Crippen molar-refractivity contribution in [2.45, 2.75) is 40.0 Å². The molecule has 0 atom stereocenters. The zero-order chi connectivity index (χ0) is 23.2. The normalized spacial score (nSPS) is 12.6. The van der Waals surface area contributed by atoms with Crippen LogP contribution in [-0.4, -0.2) is 9.97 Å². The third kappa shape index (κ3) is 4.14. The van der Waals surface area contributed by atoms with Crippen LogP contribution >= 0.6 is 0 Å². The first-order valence-electron chi connectivity index (χ1n) is 11.2. The molecule has 33 heavy (non-hydrogen) atoms. The highest BCUT2D eigenvalue weighted by atomic mass is 16.3. The molecular formula is C28H28N4O. The molecule has 5 aromatic rings. The highest BCUT2D eigenvalue weighted by molar-refractivity contribution is 5.80. The topological polar surface area (TPSA) is 66.2 Å². The van der Waals surface area contributed by atoms with Crippen LogP contribution in [0, 0.1) is 13.8 Å². The lowest BCUT2D eigenvalue weighted by Crippen LogP contribution is -2.10. The van der Waals surface area contributed by atoms with Crippen LogP contribution in [0.25, 0.3) is 33.3 Å². The summed E-state index contributed by atoms with van der Waals surface area (Å²) in [7, 11) is 0. The number of anilines is 1. The van der Waals surface area contributed by atoms with Gasteiger partial charge in [-0.15, -0.1) is 0 Å². The Hall–Kier alpha value is -3.86. The molecule has 2 aromatic heterocycles. The maximum atomic E-state index is 6.34. The first kappa shape index (κ1) is 21.0. The molecule has 0 spiro atoms. The number of H-pyrrole nitrogens is 1. The highest BCUT2D eigenvalue weighted by Gasteiger charge is 2.14. The fourth-order valence-corrected chi connectivity index (χ4v) is 3.91. The minimum Gasteiger partial charge on any atom is -0.456 e. The van der Waals surface area contributed by atoms with E-state index in [4.69, 9.17) is 9.52 Å². The van der Waals surface area contributed by atoms with Gasteiger partial charge in [-0.05, 0) is 60.2 Å². The van der Waals surface area contributed by atoms with Crippen molar-refractivity contribution in [1.29, 1.82) is 0 Å². The van der Waals surface area contributed by atoms with Crippen LogP contribution in [0.15, 0.2) is 76.2 Å². The van der Waals surface area contributed by atoms with E-state index in [0.29, 0.717) is 5.95 Å². The van der Waals surface area contributed by atoms with Crippen molar-refractivity contribution in [3.05, 3.63) is 88.8 Å². The van der Waals surface area contributed by atoms with Crippen LogP contribution in [-0.2, 0) is 5.41 Å². The molecule has 0 fully saturated rings. The molecule has 0 radical (unpaired) electrons. The van der Waals surface area contributed by atoms with Gasteiger partial charge in [0.1, 0.15) is 11.3 Å². The minimum absolute atomic E-state index is 0.102. The molecule has 0 unspecified atom stereocenters. The zero-order valence-corrected chi connectivity index (χ0v) is 19.7. The number of fused-ring (bicyclic) bond motifs is 2. The number of aromatic nitrogens is 2. The molecule has 0 saturated heterocycles.